The Bertz CT molecular complexity index is 1270. The van der Waals surface area contributed by atoms with E-state index in [0.29, 0.717) is 22.8 Å². The number of amides is 2. The molecule has 5 heterocycles. The topological polar surface area (TPSA) is 98.3 Å². The van der Waals surface area contributed by atoms with Gasteiger partial charge >= 0.3 is 6.03 Å². The molecule has 3 N–H and O–H groups in total. The molecule has 1 unspecified atom stereocenters. The van der Waals surface area contributed by atoms with Gasteiger partial charge in [0.25, 0.3) is 0 Å². The summed E-state index contributed by atoms with van der Waals surface area (Å²) in [5.74, 6) is 0.936. The van der Waals surface area contributed by atoms with Crippen molar-refractivity contribution < 1.29 is 4.79 Å². The van der Waals surface area contributed by atoms with Crippen molar-refractivity contribution in [3.05, 3.63) is 59.0 Å². The second kappa shape index (κ2) is 9.31. The molecule has 0 aliphatic carbocycles. The van der Waals surface area contributed by atoms with Crippen LogP contribution in [0.1, 0.15) is 24.0 Å². The number of hydrogen-bond acceptors (Lipinski definition) is 7. The lowest BCUT2D eigenvalue weighted by Crippen LogP contribution is -2.53. The zero-order valence-electron chi connectivity index (χ0n) is 19.3. The first-order valence-corrected chi connectivity index (χ1v) is 12.4. The van der Waals surface area contributed by atoms with Gasteiger partial charge in [0.2, 0.25) is 5.95 Å². The average Bonchev–Trinajstić information content (AvgIpc) is 3.34. The molecule has 3 aliphatic rings. The summed E-state index contributed by atoms with van der Waals surface area (Å²) >= 11 is 6.36. The molecule has 6 bridgehead atoms. The Morgan fingerprint density at radius 2 is 2.00 bits per heavy atom. The molecule has 35 heavy (non-hydrogen) atoms. The van der Waals surface area contributed by atoms with Crippen molar-refractivity contribution in [3.63, 3.8) is 0 Å². The quantitative estimate of drug-likeness (QED) is 0.464. The Morgan fingerprint density at radius 1 is 1.06 bits per heavy atom. The fourth-order valence-corrected chi connectivity index (χ4v) is 5.26. The molecule has 180 valence electrons. The van der Waals surface area contributed by atoms with E-state index >= 15 is 0 Å². The highest BCUT2D eigenvalue weighted by atomic mass is 35.5. The van der Waals surface area contributed by atoms with Gasteiger partial charge in [0.15, 0.2) is 5.82 Å². The molecular weight excluding hydrogens is 464 g/mol. The first-order chi connectivity index (χ1) is 17.1. The van der Waals surface area contributed by atoms with Crippen LogP contribution in [0.3, 0.4) is 0 Å². The summed E-state index contributed by atoms with van der Waals surface area (Å²) in [6, 6.07) is 8.42. The van der Waals surface area contributed by atoms with Gasteiger partial charge in [0.1, 0.15) is 5.02 Å². The number of pyridine rings is 1. The largest absolute Gasteiger partial charge is 0.339 e. The Hall–Kier alpha value is -3.43. The van der Waals surface area contributed by atoms with E-state index in [9.17, 15) is 4.79 Å². The van der Waals surface area contributed by atoms with Gasteiger partial charge in [-0.25, -0.2) is 9.78 Å². The minimum atomic E-state index is -0.0345. The van der Waals surface area contributed by atoms with Gasteiger partial charge in [0.05, 0.1) is 18.1 Å². The molecule has 6 rings (SSSR count). The van der Waals surface area contributed by atoms with Crippen LogP contribution in [0.4, 0.5) is 33.6 Å². The molecule has 3 aliphatic heterocycles. The van der Waals surface area contributed by atoms with Crippen LogP contribution in [0, 0.1) is 0 Å². The molecule has 2 fully saturated rings. The van der Waals surface area contributed by atoms with Crippen molar-refractivity contribution in [3.8, 4) is 0 Å². The summed E-state index contributed by atoms with van der Waals surface area (Å²) in [5.41, 5.74) is 4.58. The van der Waals surface area contributed by atoms with Gasteiger partial charge in [-0.1, -0.05) is 11.6 Å². The van der Waals surface area contributed by atoms with Gasteiger partial charge in [-0.05, 0) is 67.6 Å². The maximum Gasteiger partial charge on any atom is 0.321 e. The summed E-state index contributed by atoms with van der Waals surface area (Å²) in [6.45, 7) is 3.66. The second-order valence-electron chi connectivity index (χ2n) is 9.30. The van der Waals surface area contributed by atoms with Crippen molar-refractivity contribution in [1.29, 1.82) is 0 Å². The van der Waals surface area contributed by atoms with E-state index < -0.39 is 0 Å². The van der Waals surface area contributed by atoms with Crippen LogP contribution >= 0.6 is 11.6 Å². The number of nitrogens with one attached hydrogen (secondary N) is 3. The standard InChI is InChI=1S/C25H27ClN8O/c26-21-14-28-24-30-19-10-16(12-27-13-19)3-4-17-11-18(29-23(21)32-24)5-6-22(17)31-25(35)34-9-8-33-7-1-2-20(33)15-34/h5-6,10-14,20H,1-4,7-9,15H2,(H,31,35)(H2,28,29,30,32). The van der Waals surface area contributed by atoms with Crippen LogP contribution < -0.4 is 16.0 Å². The molecule has 1 atom stereocenters. The van der Waals surface area contributed by atoms with Crippen molar-refractivity contribution >= 4 is 46.5 Å². The number of piperazine rings is 1. The number of rotatable bonds is 1. The zero-order chi connectivity index (χ0) is 23.8. The summed E-state index contributed by atoms with van der Waals surface area (Å²) in [7, 11) is 0. The van der Waals surface area contributed by atoms with Gasteiger partial charge in [-0.15, -0.1) is 0 Å². The molecule has 2 saturated heterocycles. The monoisotopic (exact) mass is 490 g/mol. The third kappa shape index (κ3) is 4.74. The Labute approximate surface area is 208 Å². The number of urea groups is 1. The van der Waals surface area contributed by atoms with E-state index in [1.165, 1.54) is 12.8 Å². The molecule has 10 heteroatoms. The van der Waals surface area contributed by atoms with Gasteiger partial charge in [-0.2, -0.15) is 4.98 Å². The molecule has 0 saturated carbocycles. The lowest BCUT2D eigenvalue weighted by atomic mass is 10.0. The molecule has 0 spiro atoms. The second-order valence-corrected chi connectivity index (χ2v) is 9.71. The van der Waals surface area contributed by atoms with Crippen LogP contribution in [0.25, 0.3) is 0 Å². The smallest absolute Gasteiger partial charge is 0.321 e. The van der Waals surface area contributed by atoms with Gasteiger partial charge < -0.3 is 20.9 Å². The van der Waals surface area contributed by atoms with E-state index in [-0.39, 0.29) is 6.03 Å². The third-order valence-corrected chi connectivity index (χ3v) is 7.24. The van der Waals surface area contributed by atoms with E-state index in [1.54, 1.807) is 12.4 Å². The highest BCUT2D eigenvalue weighted by molar-refractivity contribution is 6.32. The maximum atomic E-state index is 13.2. The number of aryl methyl sites for hydroxylation is 2. The maximum absolute atomic E-state index is 13.2. The number of hydrogen-bond donors (Lipinski definition) is 3. The highest BCUT2D eigenvalue weighted by Gasteiger charge is 2.32. The Balaban J connectivity index is 1.29. The summed E-state index contributed by atoms with van der Waals surface area (Å²) in [6.07, 6.45) is 9.07. The molecule has 1 aromatic carbocycles. The van der Waals surface area contributed by atoms with Gasteiger partial charge in [0, 0.05) is 43.2 Å². The predicted octanol–water partition coefficient (Wildman–Crippen LogP) is 4.42. The SMILES string of the molecule is O=C(Nc1ccc2cc1CCc1cncc(c1)Nc1ncc(Cl)c(n1)N2)N1CCN2CCCC2C1. The Morgan fingerprint density at radius 3 is 2.94 bits per heavy atom. The zero-order valence-corrected chi connectivity index (χ0v) is 20.1. The number of halogens is 1. The number of fused-ring (bicyclic) bond motifs is 7. The number of carbonyl (C=O) groups excluding carboxylic acids is 1. The summed E-state index contributed by atoms with van der Waals surface area (Å²) in [5, 5.41) is 10.1. The fraction of sp³-hybridized carbons (Fsp3) is 0.360. The van der Waals surface area contributed by atoms with E-state index in [4.69, 9.17) is 11.6 Å². The first-order valence-electron chi connectivity index (χ1n) is 12.0. The van der Waals surface area contributed by atoms with Crippen LogP contribution in [-0.4, -0.2) is 63.0 Å². The minimum absolute atomic E-state index is 0.0345. The number of benzene rings is 1. The van der Waals surface area contributed by atoms with Crippen molar-refractivity contribution in [2.24, 2.45) is 0 Å². The van der Waals surface area contributed by atoms with Crippen LogP contribution in [-0.2, 0) is 12.8 Å². The molecule has 9 nitrogen and oxygen atoms in total. The van der Waals surface area contributed by atoms with E-state index in [1.807, 2.05) is 35.4 Å². The van der Waals surface area contributed by atoms with Crippen LogP contribution in [0.15, 0.2) is 42.9 Å². The minimum Gasteiger partial charge on any atom is -0.339 e. The van der Waals surface area contributed by atoms with Gasteiger partial charge in [-0.3, -0.25) is 9.88 Å². The van der Waals surface area contributed by atoms with E-state index in [2.05, 4.69) is 35.8 Å². The highest BCUT2D eigenvalue weighted by Crippen LogP contribution is 2.30. The Kier molecular flexibility index (Phi) is 5.87. The van der Waals surface area contributed by atoms with Crippen molar-refractivity contribution in [1.82, 2.24) is 24.8 Å². The fourth-order valence-electron chi connectivity index (χ4n) is 5.12. The lowest BCUT2D eigenvalue weighted by molar-refractivity contribution is 0.124. The van der Waals surface area contributed by atoms with Crippen molar-refractivity contribution in [2.75, 3.05) is 42.1 Å². The number of anilines is 5. The van der Waals surface area contributed by atoms with E-state index in [0.717, 1.165) is 67.2 Å². The normalized spacial score (nSPS) is 19.3. The third-order valence-electron chi connectivity index (χ3n) is 6.96. The average molecular weight is 491 g/mol. The molecule has 2 aromatic heterocycles. The summed E-state index contributed by atoms with van der Waals surface area (Å²) in [4.78, 5) is 30.8. The lowest BCUT2D eigenvalue weighted by Gasteiger charge is -2.37. The number of carbonyl (C=O) groups is 1. The van der Waals surface area contributed by atoms with Crippen LogP contribution in [0.2, 0.25) is 5.02 Å². The molecule has 3 aromatic rings. The predicted molar refractivity (Wildman–Crippen MR) is 137 cm³/mol. The first kappa shape index (κ1) is 22.1. The molecular formula is C25H27ClN8O. The molecule has 2 amide bonds. The van der Waals surface area contributed by atoms with Crippen molar-refractivity contribution in [2.45, 2.75) is 31.7 Å². The number of aromatic nitrogens is 3. The summed E-state index contributed by atoms with van der Waals surface area (Å²) < 4.78 is 0. The van der Waals surface area contributed by atoms with Crippen LogP contribution in [0.5, 0.6) is 0 Å². The molecule has 0 radical (unpaired) electrons. The number of nitrogens with zero attached hydrogens (tertiary/aromatic N) is 5.